The van der Waals surface area contributed by atoms with Gasteiger partial charge in [-0.2, -0.15) is 4.31 Å². The number of rotatable bonds is 3. The molecule has 0 saturated carbocycles. The molecule has 1 heterocycles. The van der Waals surface area contributed by atoms with Gasteiger partial charge in [0.1, 0.15) is 16.5 Å². The van der Waals surface area contributed by atoms with Crippen LogP contribution in [-0.4, -0.2) is 49.7 Å². The molecular weight excluding hydrogens is 372 g/mol. The van der Waals surface area contributed by atoms with Crippen molar-refractivity contribution in [1.29, 1.82) is 0 Å². The Balaban J connectivity index is 2.43. The number of benzene rings is 1. The van der Waals surface area contributed by atoms with Crippen molar-refractivity contribution < 1.29 is 27.0 Å². The molecule has 0 radical (unpaired) electrons. The maximum atomic E-state index is 13.9. The van der Waals surface area contributed by atoms with Gasteiger partial charge in [-0.3, -0.25) is 0 Å². The zero-order valence-electron chi connectivity index (χ0n) is 11.1. The Labute approximate surface area is 129 Å². The van der Waals surface area contributed by atoms with Gasteiger partial charge in [0.25, 0.3) is 0 Å². The van der Waals surface area contributed by atoms with E-state index in [0.717, 1.165) is 10.4 Å². The van der Waals surface area contributed by atoms with E-state index in [4.69, 9.17) is 9.84 Å². The van der Waals surface area contributed by atoms with Crippen molar-refractivity contribution in [3.8, 4) is 0 Å². The van der Waals surface area contributed by atoms with Crippen LogP contribution in [0.2, 0.25) is 0 Å². The first kappa shape index (κ1) is 16.8. The van der Waals surface area contributed by atoms with Crippen molar-refractivity contribution in [3.05, 3.63) is 28.2 Å². The number of hydrogen-bond donors (Lipinski definition) is 1. The van der Waals surface area contributed by atoms with Crippen LogP contribution < -0.4 is 0 Å². The lowest BCUT2D eigenvalue weighted by Crippen LogP contribution is -2.50. The molecule has 1 aromatic rings. The molecule has 0 bridgehead atoms. The molecule has 2 atom stereocenters. The summed E-state index contributed by atoms with van der Waals surface area (Å²) in [6.07, 6.45) is -1.11. The average molecular weight is 386 g/mol. The second-order valence-electron chi connectivity index (χ2n) is 4.77. The number of halogens is 3. The topological polar surface area (TPSA) is 66.8 Å². The number of aliphatic hydroxyl groups is 1. The van der Waals surface area contributed by atoms with Crippen LogP contribution in [0.15, 0.2) is 21.5 Å². The minimum Gasteiger partial charge on any atom is -0.394 e. The molecule has 1 aromatic carbocycles. The van der Waals surface area contributed by atoms with Gasteiger partial charge in [0.05, 0.1) is 18.8 Å². The Hall–Kier alpha value is -0.610. The summed E-state index contributed by atoms with van der Waals surface area (Å²) in [5, 5.41) is 9.13. The first-order chi connectivity index (χ1) is 9.75. The van der Waals surface area contributed by atoms with Crippen molar-refractivity contribution in [2.75, 3.05) is 19.7 Å². The van der Waals surface area contributed by atoms with Gasteiger partial charge in [0.2, 0.25) is 10.0 Å². The van der Waals surface area contributed by atoms with E-state index < -0.39 is 38.8 Å². The van der Waals surface area contributed by atoms with Crippen LogP contribution in [-0.2, 0) is 14.8 Å². The van der Waals surface area contributed by atoms with Crippen LogP contribution in [0.25, 0.3) is 0 Å². The van der Waals surface area contributed by atoms with Crippen LogP contribution in [0.4, 0.5) is 8.78 Å². The molecule has 1 aliphatic rings. The molecule has 2 unspecified atom stereocenters. The van der Waals surface area contributed by atoms with E-state index in [1.54, 1.807) is 6.92 Å². The third kappa shape index (κ3) is 3.42. The van der Waals surface area contributed by atoms with Crippen molar-refractivity contribution in [3.63, 3.8) is 0 Å². The van der Waals surface area contributed by atoms with Gasteiger partial charge in [-0.05, 0) is 28.9 Å². The van der Waals surface area contributed by atoms with Gasteiger partial charge < -0.3 is 9.84 Å². The largest absolute Gasteiger partial charge is 0.394 e. The lowest BCUT2D eigenvalue weighted by atomic mass is 10.2. The van der Waals surface area contributed by atoms with E-state index in [-0.39, 0.29) is 24.2 Å². The van der Waals surface area contributed by atoms with Gasteiger partial charge in [-0.25, -0.2) is 17.2 Å². The molecule has 0 aromatic heterocycles. The number of nitrogens with zero attached hydrogens (tertiary/aromatic N) is 1. The molecule has 5 nitrogen and oxygen atoms in total. The Bertz CT molecular complexity index is 617. The maximum absolute atomic E-state index is 13.9. The van der Waals surface area contributed by atoms with E-state index >= 15 is 0 Å². The van der Waals surface area contributed by atoms with E-state index in [9.17, 15) is 17.2 Å². The molecule has 0 spiro atoms. The van der Waals surface area contributed by atoms with E-state index in [1.165, 1.54) is 0 Å². The highest BCUT2D eigenvalue weighted by Crippen LogP contribution is 2.30. The lowest BCUT2D eigenvalue weighted by Gasteiger charge is -2.35. The van der Waals surface area contributed by atoms with E-state index in [1.807, 2.05) is 0 Å². The fraction of sp³-hybridized carbons (Fsp3) is 0.500. The maximum Gasteiger partial charge on any atom is 0.247 e. The van der Waals surface area contributed by atoms with Gasteiger partial charge in [-0.1, -0.05) is 0 Å². The lowest BCUT2D eigenvalue weighted by molar-refractivity contribution is -0.0751. The van der Waals surface area contributed by atoms with Crippen LogP contribution in [0.3, 0.4) is 0 Å². The summed E-state index contributed by atoms with van der Waals surface area (Å²) in [5.74, 6) is -2.04. The standard InChI is InChI=1S/C12H14BrF2NO4S/c1-7-4-16(5-9(6-17)20-7)21(18,19)12-10(13)2-8(14)3-11(12)15/h2-3,7,9,17H,4-6H2,1H3. The summed E-state index contributed by atoms with van der Waals surface area (Å²) in [6, 6.07) is 1.41. The number of morpholine rings is 1. The summed E-state index contributed by atoms with van der Waals surface area (Å²) in [4.78, 5) is -0.616. The molecule has 1 fully saturated rings. The summed E-state index contributed by atoms with van der Waals surface area (Å²) >= 11 is 2.88. The highest BCUT2D eigenvalue weighted by Gasteiger charge is 2.36. The first-order valence-electron chi connectivity index (χ1n) is 6.16. The average Bonchev–Trinajstić information content (AvgIpc) is 2.36. The van der Waals surface area contributed by atoms with Gasteiger partial charge >= 0.3 is 0 Å². The SMILES string of the molecule is CC1CN(S(=O)(=O)c2c(F)cc(F)cc2Br)CC(CO)O1. The summed E-state index contributed by atoms with van der Waals surface area (Å²) < 4.78 is 58.3. The van der Waals surface area contributed by atoms with E-state index in [2.05, 4.69) is 15.9 Å². The summed E-state index contributed by atoms with van der Waals surface area (Å²) in [5.41, 5.74) is 0. The molecule has 9 heteroatoms. The molecule has 118 valence electrons. The highest BCUT2D eigenvalue weighted by molar-refractivity contribution is 9.10. The van der Waals surface area contributed by atoms with Crippen LogP contribution in [0.5, 0.6) is 0 Å². The Morgan fingerprint density at radius 3 is 2.67 bits per heavy atom. The monoisotopic (exact) mass is 385 g/mol. The smallest absolute Gasteiger partial charge is 0.247 e. The zero-order chi connectivity index (χ0) is 15.8. The quantitative estimate of drug-likeness (QED) is 0.855. The van der Waals surface area contributed by atoms with Gasteiger partial charge in [0.15, 0.2) is 0 Å². The minimum absolute atomic E-state index is 0.0299. The van der Waals surface area contributed by atoms with Gasteiger partial charge in [-0.15, -0.1) is 0 Å². The van der Waals surface area contributed by atoms with Crippen molar-refractivity contribution in [2.24, 2.45) is 0 Å². The van der Waals surface area contributed by atoms with Gasteiger partial charge in [0, 0.05) is 23.6 Å². The second-order valence-corrected chi connectivity index (χ2v) is 7.50. The predicted octanol–water partition coefficient (Wildman–Crippen LogP) is 1.50. The molecule has 1 N–H and O–H groups in total. The third-order valence-electron chi connectivity index (χ3n) is 3.06. The fourth-order valence-electron chi connectivity index (χ4n) is 2.20. The number of aliphatic hydroxyl groups excluding tert-OH is 1. The van der Waals surface area contributed by atoms with Crippen LogP contribution in [0, 0.1) is 11.6 Å². The Morgan fingerprint density at radius 2 is 2.10 bits per heavy atom. The number of hydrogen-bond acceptors (Lipinski definition) is 4. The Morgan fingerprint density at radius 1 is 1.43 bits per heavy atom. The number of sulfonamides is 1. The molecule has 2 rings (SSSR count). The zero-order valence-corrected chi connectivity index (χ0v) is 13.5. The molecule has 0 aliphatic carbocycles. The predicted molar refractivity (Wildman–Crippen MR) is 74.2 cm³/mol. The molecule has 21 heavy (non-hydrogen) atoms. The summed E-state index contributed by atoms with van der Waals surface area (Å²) in [7, 11) is -4.16. The van der Waals surface area contributed by atoms with Crippen molar-refractivity contribution >= 4 is 26.0 Å². The van der Waals surface area contributed by atoms with Crippen LogP contribution >= 0.6 is 15.9 Å². The second kappa shape index (κ2) is 6.25. The normalized spacial score (nSPS) is 24.2. The highest BCUT2D eigenvalue weighted by atomic mass is 79.9. The minimum atomic E-state index is -4.16. The first-order valence-corrected chi connectivity index (χ1v) is 8.40. The molecular formula is C12H14BrF2NO4S. The van der Waals surface area contributed by atoms with E-state index in [0.29, 0.717) is 6.07 Å². The Kier molecular flexibility index (Phi) is 4.99. The van der Waals surface area contributed by atoms with Crippen LogP contribution in [0.1, 0.15) is 6.92 Å². The molecule has 0 amide bonds. The third-order valence-corrected chi connectivity index (χ3v) is 5.85. The molecule has 1 aliphatic heterocycles. The summed E-state index contributed by atoms with van der Waals surface area (Å²) in [6.45, 7) is 1.25. The fourth-order valence-corrected chi connectivity index (χ4v) is 4.86. The van der Waals surface area contributed by atoms with Crippen molar-refractivity contribution in [2.45, 2.75) is 24.0 Å². The number of ether oxygens (including phenoxy) is 1. The van der Waals surface area contributed by atoms with Crippen molar-refractivity contribution in [1.82, 2.24) is 4.31 Å². The molecule has 1 saturated heterocycles.